The van der Waals surface area contributed by atoms with Gasteiger partial charge >= 0.3 is 5.97 Å². The molecule has 0 aliphatic rings. The van der Waals surface area contributed by atoms with E-state index in [-0.39, 0.29) is 17.2 Å². The van der Waals surface area contributed by atoms with Gasteiger partial charge in [0.1, 0.15) is 12.6 Å². The van der Waals surface area contributed by atoms with Crippen LogP contribution < -0.4 is 5.73 Å². The molecule has 9 nitrogen and oxygen atoms in total. The summed E-state index contributed by atoms with van der Waals surface area (Å²) in [6.07, 6.45) is 0. The van der Waals surface area contributed by atoms with E-state index in [1.54, 1.807) is 18.2 Å². The van der Waals surface area contributed by atoms with Crippen molar-refractivity contribution in [1.82, 2.24) is 0 Å². The fraction of sp³-hybridized carbons (Fsp3) is 0.188. The molecule has 0 bridgehead atoms. The molecule has 0 aliphatic carbocycles. The molecule has 0 aliphatic heterocycles. The molecule has 0 saturated heterocycles. The third kappa shape index (κ3) is 7.38. The quantitative estimate of drug-likeness (QED) is 0.344. The molecule has 0 heterocycles. The Morgan fingerprint density at radius 3 is 2.12 bits per heavy atom. The van der Waals surface area contributed by atoms with Crippen LogP contribution in [0.25, 0.3) is 0 Å². The van der Waals surface area contributed by atoms with Crippen LogP contribution in [0.4, 0.5) is 5.69 Å². The van der Waals surface area contributed by atoms with Crippen molar-refractivity contribution in [2.45, 2.75) is 24.5 Å². The van der Waals surface area contributed by atoms with Crippen LogP contribution in [-0.2, 0) is 26.3 Å². The third-order valence-corrected chi connectivity index (χ3v) is 3.81. The number of nitrogens with two attached hydrogens (primary N) is 1. The molecule has 0 aromatic heterocycles. The first-order chi connectivity index (χ1) is 12.1. The summed E-state index contributed by atoms with van der Waals surface area (Å²) >= 11 is 0. The van der Waals surface area contributed by atoms with Crippen molar-refractivity contribution < 1.29 is 27.4 Å². The number of nitrogens with zero attached hydrogens (tertiary/aromatic N) is 1. The molecule has 3 N–H and O–H groups in total. The second kappa shape index (κ2) is 9.61. The number of nitro groups is 1. The van der Waals surface area contributed by atoms with Gasteiger partial charge in [-0.1, -0.05) is 18.2 Å². The van der Waals surface area contributed by atoms with E-state index in [9.17, 15) is 23.3 Å². The summed E-state index contributed by atoms with van der Waals surface area (Å²) in [5.41, 5.74) is 5.98. The van der Waals surface area contributed by atoms with Crippen LogP contribution in [0.5, 0.6) is 0 Å². The Kier molecular flexibility index (Phi) is 7.84. The van der Waals surface area contributed by atoms with Crippen LogP contribution in [0.2, 0.25) is 0 Å². The zero-order valence-electron chi connectivity index (χ0n) is 13.8. The Bertz CT molecular complexity index is 835. The second-order valence-electron chi connectivity index (χ2n) is 5.11. The largest absolute Gasteiger partial charge is 0.460 e. The number of ether oxygens (including phenoxy) is 1. The molecule has 0 saturated carbocycles. The van der Waals surface area contributed by atoms with E-state index >= 15 is 0 Å². The van der Waals surface area contributed by atoms with Crippen molar-refractivity contribution in [3.05, 3.63) is 70.3 Å². The Morgan fingerprint density at radius 1 is 1.19 bits per heavy atom. The summed E-state index contributed by atoms with van der Waals surface area (Å²) in [6.45, 7) is 1.59. The topological polar surface area (TPSA) is 150 Å². The van der Waals surface area contributed by atoms with Crippen LogP contribution >= 0.6 is 0 Å². The number of nitro benzene ring substituents is 1. The van der Waals surface area contributed by atoms with Crippen molar-refractivity contribution in [2.75, 3.05) is 0 Å². The van der Waals surface area contributed by atoms with Crippen molar-refractivity contribution >= 4 is 21.8 Å². The van der Waals surface area contributed by atoms with Gasteiger partial charge in [0.25, 0.3) is 15.8 Å². The SMILES string of the molecule is C[C@H](N)C(=O)OCc1ccc([N+](=O)[O-])cc1.O=S(=O)(O)c1ccccc1. The smallest absolute Gasteiger partial charge is 0.322 e. The van der Waals surface area contributed by atoms with Crippen molar-refractivity contribution in [2.24, 2.45) is 5.73 Å². The molecule has 1 atom stereocenters. The number of carbonyl (C=O) groups is 1. The summed E-state index contributed by atoms with van der Waals surface area (Å²) in [4.78, 5) is 20.8. The second-order valence-corrected chi connectivity index (χ2v) is 6.53. The minimum Gasteiger partial charge on any atom is -0.460 e. The van der Waals surface area contributed by atoms with Gasteiger partial charge in [0.05, 0.1) is 9.82 Å². The van der Waals surface area contributed by atoms with Crippen LogP contribution in [-0.4, -0.2) is 29.9 Å². The summed E-state index contributed by atoms with van der Waals surface area (Å²) in [5.74, 6) is -0.502. The minimum atomic E-state index is -4.00. The van der Waals surface area contributed by atoms with E-state index in [0.717, 1.165) is 0 Å². The van der Waals surface area contributed by atoms with Crippen molar-refractivity contribution in [3.63, 3.8) is 0 Å². The van der Waals surface area contributed by atoms with Gasteiger partial charge in [0, 0.05) is 12.1 Å². The molecule has 140 valence electrons. The predicted octanol–water partition coefficient (Wildman–Crippen LogP) is 1.92. The lowest BCUT2D eigenvalue weighted by atomic mass is 10.2. The number of carbonyl (C=O) groups excluding carboxylic acids is 1. The van der Waals surface area contributed by atoms with Gasteiger partial charge < -0.3 is 10.5 Å². The first-order valence-electron chi connectivity index (χ1n) is 7.29. The Morgan fingerprint density at radius 2 is 1.73 bits per heavy atom. The maximum absolute atomic E-state index is 11.0. The molecule has 10 heteroatoms. The maximum Gasteiger partial charge on any atom is 0.322 e. The molecular weight excluding hydrogens is 364 g/mol. The summed E-state index contributed by atoms with van der Waals surface area (Å²) in [5, 5.41) is 10.4. The zero-order valence-corrected chi connectivity index (χ0v) is 14.6. The highest BCUT2D eigenvalue weighted by Crippen LogP contribution is 2.12. The van der Waals surface area contributed by atoms with Crippen molar-refractivity contribution in [1.29, 1.82) is 0 Å². The van der Waals surface area contributed by atoms with Crippen molar-refractivity contribution in [3.8, 4) is 0 Å². The van der Waals surface area contributed by atoms with Gasteiger partial charge in [0.2, 0.25) is 0 Å². The summed E-state index contributed by atoms with van der Waals surface area (Å²) < 4.78 is 34.1. The Labute approximate surface area is 150 Å². The average Bonchev–Trinajstić information content (AvgIpc) is 2.60. The monoisotopic (exact) mass is 382 g/mol. The van der Waals surface area contributed by atoms with Crippen LogP contribution in [0.3, 0.4) is 0 Å². The lowest BCUT2D eigenvalue weighted by Crippen LogP contribution is -2.28. The molecule has 2 rings (SSSR count). The molecule has 0 unspecified atom stereocenters. The fourth-order valence-electron chi connectivity index (χ4n) is 1.59. The van der Waals surface area contributed by atoms with Crippen LogP contribution in [0.15, 0.2) is 59.5 Å². The molecule has 2 aromatic rings. The van der Waals surface area contributed by atoms with Gasteiger partial charge in [0.15, 0.2) is 0 Å². The number of esters is 1. The summed E-state index contributed by atoms with van der Waals surface area (Å²) in [6, 6.07) is 12.5. The van der Waals surface area contributed by atoms with E-state index in [4.69, 9.17) is 15.0 Å². The first-order valence-corrected chi connectivity index (χ1v) is 8.73. The molecule has 0 fully saturated rings. The number of rotatable bonds is 5. The average molecular weight is 382 g/mol. The van der Waals surface area contributed by atoms with Gasteiger partial charge in [-0.05, 0) is 36.8 Å². The summed E-state index contributed by atoms with van der Waals surface area (Å²) in [7, 11) is -4.00. The first kappa shape index (κ1) is 21.2. The number of hydrogen-bond acceptors (Lipinski definition) is 7. The zero-order chi connectivity index (χ0) is 19.7. The maximum atomic E-state index is 11.0. The fourth-order valence-corrected chi connectivity index (χ4v) is 2.09. The van der Waals surface area contributed by atoms with E-state index in [1.807, 2.05) is 0 Å². The number of hydrogen-bond donors (Lipinski definition) is 2. The molecule has 26 heavy (non-hydrogen) atoms. The highest BCUT2D eigenvalue weighted by molar-refractivity contribution is 7.85. The lowest BCUT2D eigenvalue weighted by molar-refractivity contribution is -0.384. The van der Waals surface area contributed by atoms with E-state index in [2.05, 4.69) is 0 Å². The molecular formula is C16H18N2O7S. The van der Waals surface area contributed by atoms with E-state index in [1.165, 1.54) is 43.3 Å². The molecule has 2 aromatic carbocycles. The normalized spacial score (nSPS) is 11.7. The van der Waals surface area contributed by atoms with E-state index < -0.39 is 27.1 Å². The highest BCUT2D eigenvalue weighted by Gasteiger charge is 2.09. The van der Waals surface area contributed by atoms with Gasteiger partial charge in [-0.15, -0.1) is 0 Å². The Hall–Kier alpha value is -2.82. The molecule has 0 amide bonds. The van der Waals surface area contributed by atoms with Crippen LogP contribution in [0, 0.1) is 10.1 Å². The van der Waals surface area contributed by atoms with Gasteiger partial charge in [-0.3, -0.25) is 19.5 Å². The molecule has 0 radical (unpaired) electrons. The van der Waals surface area contributed by atoms with Crippen LogP contribution in [0.1, 0.15) is 12.5 Å². The highest BCUT2D eigenvalue weighted by atomic mass is 32.2. The minimum absolute atomic E-state index is 0.00210. The van der Waals surface area contributed by atoms with E-state index in [0.29, 0.717) is 5.56 Å². The van der Waals surface area contributed by atoms with Gasteiger partial charge in [-0.2, -0.15) is 8.42 Å². The Balaban J connectivity index is 0.000000289. The lowest BCUT2D eigenvalue weighted by Gasteiger charge is -2.06. The predicted molar refractivity (Wildman–Crippen MR) is 92.8 cm³/mol. The standard InChI is InChI=1S/C10H12N2O4.C6H6O3S/c1-7(11)10(13)16-6-8-2-4-9(5-3-8)12(14)15;7-10(8,9)6-4-2-1-3-5-6/h2-5,7H,6,11H2,1H3;1-5H,(H,7,8,9)/t7-;/m0./s1. The third-order valence-electron chi connectivity index (χ3n) is 2.94. The number of non-ortho nitro benzene ring substituents is 1. The molecule has 0 spiro atoms. The number of benzene rings is 2. The van der Waals surface area contributed by atoms with Gasteiger partial charge in [-0.25, -0.2) is 0 Å².